The van der Waals surface area contributed by atoms with E-state index in [-0.39, 0.29) is 24.7 Å². The number of nitrogens with zero attached hydrogens (tertiary/aromatic N) is 4. The summed E-state index contributed by atoms with van der Waals surface area (Å²) in [6.45, 7) is 5.62. The number of thioether (sulfide) groups is 1. The zero-order valence-corrected chi connectivity index (χ0v) is 22.2. The van der Waals surface area contributed by atoms with Crippen molar-refractivity contribution in [3.05, 3.63) is 78.1 Å². The fourth-order valence-corrected chi connectivity index (χ4v) is 5.26. The van der Waals surface area contributed by atoms with Crippen LogP contribution in [0.1, 0.15) is 29.9 Å². The summed E-state index contributed by atoms with van der Waals surface area (Å²) in [6, 6.07) is 19.0. The van der Waals surface area contributed by atoms with E-state index in [0.717, 1.165) is 46.1 Å². The molecule has 1 amide bonds. The molecule has 4 heterocycles. The third-order valence-electron chi connectivity index (χ3n) is 6.24. The molecule has 196 valence electrons. The number of morpholine rings is 1. The van der Waals surface area contributed by atoms with Crippen LogP contribution >= 0.6 is 11.8 Å². The van der Waals surface area contributed by atoms with Crippen LogP contribution in [-0.2, 0) is 11.3 Å². The topological polar surface area (TPSA) is 80.2 Å². The van der Waals surface area contributed by atoms with Gasteiger partial charge in [0.05, 0.1) is 48.0 Å². The van der Waals surface area contributed by atoms with E-state index in [0.29, 0.717) is 17.0 Å². The number of benzene rings is 1. The molecule has 1 aliphatic rings. The van der Waals surface area contributed by atoms with Crippen LogP contribution in [0.3, 0.4) is 0 Å². The number of pyridine rings is 3. The highest BCUT2D eigenvalue weighted by atomic mass is 32.2. The fourth-order valence-electron chi connectivity index (χ4n) is 4.56. The predicted octanol–water partition coefficient (Wildman–Crippen LogP) is 5.30. The minimum absolute atomic E-state index is 0.151. The molecule has 9 heteroatoms. The van der Waals surface area contributed by atoms with Gasteiger partial charge in [-0.15, -0.1) is 11.8 Å². The molecule has 1 aliphatic heterocycles. The van der Waals surface area contributed by atoms with Crippen molar-refractivity contribution in [2.45, 2.75) is 37.5 Å². The highest BCUT2D eigenvalue weighted by Crippen LogP contribution is 2.24. The summed E-state index contributed by atoms with van der Waals surface area (Å²) in [7, 11) is 0. The lowest BCUT2D eigenvalue weighted by molar-refractivity contribution is -0.00545. The van der Waals surface area contributed by atoms with Crippen LogP contribution in [0.5, 0.6) is 0 Å². The Morgan fingerprint density at radius 2 is 1.84 bits per heavy atom. The molecular formula is C29H30FN5O2S. The number of anilines is 1. The molecule has 0 bridgehead atoms. The fraction of sp³-hybridized carbons (Fsp3) is 0.310. The van der Waals surface area contributed by atoms with Crippen LogP contribution in [0.2, 0.25) is 0 Å². The lowest BCUT2D eigenvalue weighted by Gasteiger charge is -2.36. The van der Waals surface area contributed by atoms with E-state index >= 15 is 0 Å². The third kappa shape index (κ3) is 6.28. The molecule has 2 unspecified atom stereocenters. The van der Waals surface area contributed by atoms with Gasteiger partial charge in [0.1, 0.15) is 5.82 Å². The third-order valence-corrected chi connectivity index (χ3v) is 7.19. The summed E-state index contributed by atoms with van der Waals surface area (Å²) in [5.41, 5.74) is 3.60. The molecule has 1 fully saturated rings. The minimum Gasteiger partial charge on any atom is -0.372 e. The summed E-state index contributed by atoms with van der Waals surface area (Å²) in [5, 5.41) is 3.83. The van der Waals surface area contributed by atoms with Crippen LogP contribution in [0.25, 0.3) is 22.3 Å². The SMILES string of the molecule is CC1CN(c2cccc(-c3ccc4cnc(CNC(=O)c5cccc(SCCF)c5)cc4n3)n2)CC(C)O1. The lowest BCUT2D eigenvalue weighted by Crippen LogP contribution is -2.45. The average Bonchev–Trinajstić information content (AvgIpc) is 2.94. The summed E-state index contributed by atoms with van der Waals surface area (Å²) in [6.07, 6.45) is 2.07. The van der Waals surface area contributed by atoms with Crippen molar-refractivity contribution in [3.8, 4) is 11.4 Å². The second-order valence-electron chi connectivity index (χ2n) is 9.36. The second-order valence-corrected chi connectivity index (χ2v) is 10.5. The van der Waals surface area contributed by atoms with Gasteiger partial charge in [-0.25, -0.2) is 9.97 Å². The molecule has 4 aromatic rings. The predicted molar refractivity (Wildman–Crippen MR) is 149 cm³/mol. The van der Waals surface area contributed by atoms with Gasteiger partial charge in [-0.2, -0.15) is 0 Å². The number of carbonyl (C=O) groups excluding carboxylic acids is 1. The quantitative estimate of drug-likeness (QED) is 0.309. The summed E-state index contributed by atoms with van der Waals surface area (Å²) in [5.74, 6) is 1.08. The monoisotopic (exact) mass is 531 g/mol. The number of nitrogens with one attached hydrogen (secondary N) is 1. The zero-order valence-electron chi connectivity index (χ0n) is 21.4. The van der Waals surface area contributed by atoms with E-state index in [1.54, 1.807) is 24.4 Å². The molecule has 7 nitrogen and oxygen atoms in total. The number of halogens is 1. The van der Waals surface area contributed by atoms with Crippen LogP contribution in [0.4, 0.5) is 10.2 Å². The maximum absolute atomic E-state index is 12.7. The molecule has 2 atom stereocenters. The van der Waals surface area contributed by atoms with Gasteiger partial charge in [0.15, 0.2) is 0 Å². The Bertz CT molecular complexity index is 1430. The Hall–Kier alpha value is -3.56. The lowest BCUT2D eigenvalue weighted by atomic mass is 10.1. The highest BCUT2D eigenvalue weighted by molar-refractivity contribution is 7.99. The van der Waals surface area contributed by atoms with Gasteiger partial charge < -0.3 is 15.0 Å². The first-order valence-electron chi connectivity index (χ1n) is 12.7. The summed E-state index contributed by atoms with van der Waals surface area (Å²) < 4.78 is 18.3. The first-order valence-corrected chi connectivity index (χ1v) is 13.7. The molecule has 1 N–H and O–H groups in total. The van der Waals surface area contributed by atoms with Crippen molar-refractivity contribution >= 4 is 34.4 Å². The van der Waals surface area contributed by atoms with Crippen LogP contribution < -0.4 is 10.2 Å². The molecule has 0 saturated carbocycles. The van der Waals surface area contributed by atoms with Gasteiger partial charge in [0.2, 0.25) is 0 Å². The molecule has 3 aromatic heterocycles. The van der Waals surface area contributed by atoms with E-state index in [1.807, 2.05) is 42.5 Å². The summed E-state index contributed by atoms with van der Waals surface area (Å²) in [4.78, 5) is 30.1. The number of fused-ring (bicyclic) bond motifs is 1. The van der Waals surface area contributed by atoms with Gasteiger partial charge >= 0.3 is 0 Å². The second kappa shape index (κ2) is 11.9. The van der Waals surface area contributed by atoms with Crippen molar-refractivity contribution in [2.24, 2.45) is 0 Å². The number of amides is 1. The maximum atomic E-state index is 12.7. The molecule has 1 saturated heterocycles. The van der Waals surface area contributed by atoms with E-state index < -0.39 is 6.67 Å². The van der Waals surface area contributed by atoms with Crippen LogP contribution in [-0.4, -0.2) is 58.6 Å². The van der Waals surface area contributed by atoms with Crippen LogP contribution in [0, 0.1) is 0 Å². The highest BCUT2D eigenvalue weighted by Gasteiger charge is 2.23. The van der Waals surface area contributed by atoms with Crippen molar-refractivity contribution in [3.63, 3.8) is 0 Å². The average molecular weight is 532 g/mol. The molecule has 1 aromatic carbocycles. The van der Waals surface area contributed by atoms with E-state index in [4.69, 9.17) is 14.7 Å². The number of rotatable bonds is 8. The Morgan fingerprint density at radius 1 is 1.05 bits per heavy atom. The molecule has 0 radical (unpaired) electrons. The number of carbonyl (C=O) groups is 1. The molecule has 0 aliphatic carbocycles. The number of aromatic nitrogens is 3. The Morgan fingerprint density at radius 3 is 2.66 bits per heavy atom. The smallest absolute Gasteiger partial charge is 0.251 e. The standard InChI is InChI=1S/C29H30FN5O2S/c1-19-17-35(18-20(2)37-19)28-8-4-7-25(34-28)26-10-9-22-15-31-23(14-27(22)33-26)16-32-29(36)21-5-3-6-24(13-21)38-12-11-30/h3-10,13-15,19-20H,11-12,16-18H2,1-2H3,(H,32,36). The van der Waals surface area contributed by atoms with E-state index in [2.05, 4.69) is 29.0 Å². The molecular weight excluding hydrogens is 501 g/mol. The molecule has 38 heavy (non-hydrogen) atoms. The number of hydrogen-bond acceptors (Lipinski definition) is 7. The Labute approximate surface area is 225 Å². The minimum atomic E-state index is -0.404. The van der Waals surface area contributed by atoms with Crippen LogP contribution in [0.15, 0.2) is 71.8 Å². The van der Waals surface area contributed by atoms with Gasteiger partial charge in [-0.3, -0.25) is 14.2 Å². The van der Waals surface area contributed by atoms with Gasteiger partial charge in [-0.05, 0) is 62.4 Å². The molecule has 5 rings (SSSR count). The van der Waals surface area contributed by atoms with Crippen molar-refractivity contribution in [2.75, 3.05) is 30.4 Å². The van der Waals surface area contributed by atoms with E-state index in [1.165, 1.54) is 11.8 Å². The number of ether oxygens (including phenoxy) is 1. The Balaban J connectivity index is 1.31. The van der Waals surface area contributed by atoms with Crippen molar-refractivity contribution in [1.29, 1.82) is 0 Å². The van der Waals surface area contributed by atoms with E-state index in [9.17, 15) is 9.18 Å². The van der Waals surface area contributed by atoms with Gasteiger partial charge in [-0.1, -0.05) is 12.1 Å². The van der Waals surface area contributed by atoms with Gasteiger partial charge in [0.25, 0.3) is 5.91 Å². The zero-order chi connectivity index (χ0) is 26.5. The maximum Gasteiger partial charge on any atom is 0.251 e. The number of alkyl halides is 1. The Kier molecular flexibility index (Phi) is 8.14. The first-order chi connectivity index (χ1) is 18.5. The van der Waals surface area contributed by atoms with Crippen molar-refractivity contribution < 1.29 is 13.9 Å². The summed E-state index contributed by atoms with van der Waals surface area (Å²) >= 11 is 1.39. The largest absolute Gasteiger partial charge is 0.372 e. The number of hydrogen-bond donors (Lipinski definition) is 1. The van der Waals surface area contributed by atoms with Crippen molar-refractivity contribution in [1.82, 2.24) is 20.3 Å². The normalized spacial score (nSPS) is 17.5. The van der Waals surface area contributed by atoms with Gasteiger partial charge in [0, 0.05) is 40.9 Å². The molecule has 0 spiro atoms. The first kappa shape index (κ1) is 26.1.